The van der Waals surface area contributed by atoms with Crippen LogP contribution in [-0.2, 0) is 9.63 Å². The van der Waals surface area contributed by atoms with Gasteiger partial charge in [-0.05, 0) is 0 Å². The van der Waals surface area contributed by atoms with Crippen LogP contribution in [0.2, 0.25) is 0 Å². The van der Waals surface area contributed by atoms with Crippen LogP contribution in [0.4, 0.5) is 10.2 Å². The lowest BCUT2D eigenvalue weighted by atomic mass is 10.6. The molecule has 0 aliphatic heterocycles. The molecule has 7 heteroatoms. The Morgan fingerprint density at radius 3 is 3.08 bits per heavy atom. The number of aromatic nitrogens is 2. The van der Waals surface area contributed by atoms with E-state index in [1.54, 1.807) is 0 Å². The van der Waals surface area contributed by atoms with Crippen molar-refractivity contribution in [1.82, 2.24) is 9.97 Å². The van der Waals surface area contributed by atoms with E-state index in [1.165, 1.54) is 0 Å². The monoisotopic (exact) mass is 187 g/mol. The van der Waals surface area contributed by atoms with Gasteiger partial charge in [-0.15, -0.1) is 0 Å². The molecule has 70 valence electrons. The summed E-state index contributed by atoms with van der Waals surface area (Å²) < 4.78 is 12.7. The summed E-state index contributed by atoms with van der Waals surface area (Å²) >= 11 is 0. The topological polar surface area (TPSA) is 84.1 Å². The van der Waals surface area contributed by atoms with Crippen molar-refractivity contribution < 1.29 is 14.0 Å². The fraction of sp³-hybridized carbons (Fsp3) is 0.167. The van der Waals surface area contributed by atoms with E-state index < -0.39 is 17.5 Å². The minimum Gasteiger partial charge on any atom is -0.342 e. The molecule has 0 saturated carbocycles. The third-order valence-corrected chi connectivity index (χ3v) is 1.06. The lowest BCUT2D eigenvalue weighted by molar-refractivity contribution is -0.138. The lowest BCUT2D eigenvalue weighted by Crippen LogP contribution is -2.16. The molecule has 2 N–H and O–H groups in total. The second-order valence-corrected chi connectivity index (χ2v) is 2.11. The average molecular weight is 187 g/mol. The molecule has 0 unspecified atom stereocenters. The number of nitrogens with one attached hydrogen (secondary N) is 2. The highest BCUT2D eigenvalue weighted by atomic mass is 19.1. The lowest BCUT2D eigenvalue weighted by Gasteiger charge is -2.03. The summed E-state index contributed by atoms with van der Waals surface area (Å²) in [6.07, 6.45) is 0.713. The van der Waals surface area contributed by atoms with Crippen molar-refractivity contribution >= 4 is 11.8 Å². The second kappa shape index (κ2) is 3.65. The maximum Gasteiger partial charge on any atom is 0.346 e. The maximum absolute atomic E-state index is 12.7. The Morgan fingerprint density at radius 1 is 1.77 bits per heavy atom. The molecular weight excluding hydrogens is 181 g/mol. The molecule has 1 rings (SSSR count). The molecule has 0 atom stereocenters. The highest BCUT2D eigenvalue weighted by Crippen LogP contribution is 2.04. The molecule has 0 spiro atoms. The number of H-pyrrole nitrogens is 1. The van der Waals surface area contributed by atoms with Gasteiger partial charge in [0.1, 0.15) is 0 Å². The Morgan fingerprint density at radius 2 is 2.46 bits per heavy atom. The van der Waals surface area contributed by atoms with Crippen LogP contribution < -0.4 is 11.2 Å². The number of hydrogen-bond donors (Lipinski definition) is 2. The van der Waals surface area contributed by atoms with Gasteiger partial charge in [0.15, 0.2) is 11.6 Å². The van der Waals surface area contributed by atoms with Gasteiger partial charge in [-0.1, -0.05) is 0 Å². The molecule has 6 nitrogen and oxygen atoms in total. The number of halogens is 1. The highest BCUT2D eigenvalue weighted by Gasteiger charge is 2.03. The summed E-state index contributed by atoms with van der Waals surface area (Å²) in [5.74, 6) is -1.81. The zero-order valence-electron chi connectivity index (χ0n) is 6.63. The standard InChI is InChI=1S/C6H6FN3O3/c1-3(11)13-10-5-4(7)2-8-6(12)9-5/h2H,1H3,(H2,8,9,10,12). The number of anilines is 1. The first-order valence-electron chi connectivity index (χ1n) is 3.28. The molecule has 0 aliphatic carbocycles. The maximum atomic E-state index is 12.7. The minimum atomic E-state index is -0.819. The SMILES string of the molecule is CC(=O)ONc1[nH]c(=O)ncc1F. The third-order valence-electron chi connectivity index (χ3n) is 1.06. The zero-order valence-corrected chi connectivity index (χ0v) is 6.63. The summed E-state index contributed by atoms with van der Waals surface area (Å²) in [5, 5.41) is 0. The van der Waals surface area contributed by atoms with Gasteiger partial charge in [0, 0.05) is 6.92 Å². The molecule has 0 amide bonds. The number of nitrogens with zero attached hydrogens (tertiary/aromatic N) is 1. The molecule has 13 heavy (non-hydrogen) atoms. The predicted molar refractivity (Wildman–Crippen MR) is 40.2 cm³/mol. The van der Waals surface area contributed by atoms with Crippen LogP contribution in [0.25, 0.3) is 0 Å². The van der Waals surface area contributed by atoms with Gasteiger partial charge in [0.25, 0.3) is 0 Å². The number of hydrogen-bond acceptors (Lipinski definition) is 5. The largest absolute Gasteiger partial charge is 0.346 e. The Kier molecular flexibility index (Phi) is 2.58. The summed E-state index contributed by atoms with van der Waals surface area (Å²) in [6.45, 7) is 1.13. The van der Waals surface area contributed by atoms with E-state index in [1.807, 2.05) is 10.5 Å². The summed E-state index contributed by atoms with van der Waals surface area (Å²) in [6, 6.07) is 0. The Hall–Kier alpha value is -1.92. The van der Waals surface area contributed by atoms with Gasteiger partial charge in [0.2, 0.25) is 0 Å². The van der Waals surface area contributed by atoms with Crippen molar-refractivity contribution in [3.05, 3.63) is 22.5 Å². The van der Waals surface area contributed by atoms with E-state index in [4.69, 9.17) is 0 Å². The van der Waals surface area contributed by atoms with E-state index in [9.17, 15) is 14.0 Å². The Balaban J connectivity index is 2.81. The minimum absolute atomic E-state index is 0.338. The molecule has 0 fully saturated rings. The van der Waals surface area contributed by atoms with Crippen molar-refractivity contribution in [1.29, 1.82) is 0 Å². The Labute approximate surface area is 71.7 Å². The molecule has 1 heterocycles. The number of carbonyl (C=O) groups excluding carboxylic acids is 1. The first kappa shape index (κ1) is 9.17. The summed E-state index contributed by atoms with van der Waals surface area (Å²) in [5.41, 5.74) is 1.19. The molecule has 1 aromatic rings. The fourth-order valence-corrected chi connectivity index (χ4v) is 0.576. The molecule has 0 radical (unpaired) electrons. The van der Waals surface area contributed by atoms with Crippen LogP contribution >= 0.6 is 0 Å². The molecule has 0 aliphatic rings. The quantitative estimate of drug-likeness (QED) is 0.626. The fourth-order valence-electron chi connectivity index (χ4n) is 0.576. The van der Waals surface area contributed by atoms with Crippen molar-refractivity contribution in [2.24, 2.45) is 0 Å². The van der Waals surface area contributed by atoms with Gasteiger partial charge in [-0.25, -0.2) is 9.18 Å². The van der Waals surface area contributed by atoms with Gasteiger partial charge < -0.3 is 4.84 Å². The third kappa shape index (κ3) is 2.55. The number of aromatic amines is 1. The van der Waals surface area contributed by atoms with Crippen molar-refractivity contribution in [3.8, 4) is 0 Å². The first-order chi connectivity index (χ1) is 6.09. The van der Waals surface area contributed by atoms with Crippen molar-refractivity contribution in [2.45, 2.75) is 6.92 Å². The van der Waals surface area contributed by atoms with Crippen LogP contribution in [0.1, 0.15) is 6.92 Å². The summed E-state index contributed by atoms with van der Waals surface area (Å²) in [7, 11) is 0. The van der Waals surface area contributed by atoms with Crippen LogP contribution in [0.3, 0.4) is 0 Å². The van der Waals surface area contributed by atoms with Gasteiger partial charge in [-0.2, -0.15) is 10.5 Å². The molecule has 1 aromatic heterocycles. The van der Waals surface area contributed by atoms with Gasteiger partial charge in [0.05, 0.1) is 6.20 Å². The normalized spacial score (nSPS) is 9.38. The van der Waals surface area contributed by atoms with Crippen LogP contribution in [0.5, 0.6) is 0 Å². The molecule has 0 saturated heterocycles. The number of rotatable bonds is 2. The molecule has 0 bridgehead atoms. The van der Waals surface area contributed by atoms with Crippen molar-refractivity contribution in [3.63, 3.8) is 0 Å². The zero-order chi connectivity index (χ0) is 9.84. The smallest absolute Gasteiger partial charge is 0.342 e. The first-order valence-corrected chi connectivity index (χ1v) is 3.28. The molecule has 0 aromatic carbocycles. The van der Waals surface area contributed by atoms with E-state index in [0.29, 0.717) is 6.20 Å². The van der Waals surface area contributed by atoms with Crippen LogP contribution in [0.15, 0.2) is 11.0 Å². The van der Waals surface area contributed by atoms with Crippen LogP contribution in [-0.4, -0.2) is 15.9 Å². The van der Waals surface area contributed by atoms with E-state index in [-0.39, 0.29) is 5.82 Å². The van der Waals surface area contributed by atoms with Gasteiger partial charge >= 0.3 is 11.7 Å². The average Bonchev–Trinajstić information content (AvgIpc) is 2.06. The molecular formula is C6H6FN3O3. The number of carbonyl (C=O) groups is 1. The van der Waals surface area contributed by atoms with Gasteiger partial charge in [-0.3, -0.25) is 9.78 Å². The van der Waals surface area contributed by atoms with E-state index in [2.05, 4.69) is 9.82 Å². The van der Waals surface area contributed by atoms with E-state index in [0.717, 1.165) is 6.92 Å². The Bertz CT molecular complexity index is 376. The second-order valence-electron chi connectivity index (χ2n) is 2.11. The summed E-state index contributed by atoms with van der Waals surface area (Å²) in [4.78, 5) is 30.2. The highest BCUT2D eigenvalue weighted by molar-refractivity contribution is 5.66. The van der Waals surface area contributed by atoms with E-state index >= 15 is 0 Å². The predicted octanol–water partition coefficient (Wildman–Crippen LogP) is -0.201. The van der Waals surface area contributed by atoms with Crippen LogP contribution in [0, 0.1) is 5.82 Å². The van der Waals surface area contributed by atoms with Crippen molar-refractivity contribution in [2.75, 3.05) is 5.48 Å².